The van der Waals surface area contributed by atoms with Crippen LogP contribution in [-0.2, 0) is 4.74 Å². The number of nitrogens with zero attached hydrogens (tertiary/aromatic N) is 1. The molecule has 0 aromatic carbocycles. The zero-order valence-electron chi connectivity index (χ0n) is 7.57. The van der Waals surface area contributed by atoms with Crippen LogP contribution in [0.1, 0.15) is 24.2 Å². The molecule has 0 N–H and O–H groups in total. The first-order valence-corrected chi connectivity index (χ1v) is 3.83. The van der Waals surface area contributed by atoms with Gasteiger partial charge in [-0.1, -0.05) is 13.8 Å². The Morgan fingerprint density at radius 2 is 2.17 bits per heavy atom. The van der Waals surface area contributed by atoms with Crippen molar-refractivity contribution in [1.82, 2.24) is 4.98 Å². The Bertz CT molecular complexity index is 221. The average molecular weight is 167 g/mol. The summed E-state index contributed by atoms with van der Waals surface area (Å²) in [7, 11) is 1.34. The van der Waals surface area contributed by atoms with E-state index in [2.05, 4.69) is 9.72 Å². The Morgan fingerprint density at radius 1 is 1.50 bits per heavy atom. The third-order valence-electron chi connectivity index (χ3n) is 1.08. The van der Waals surface area contributed by atoms with Crippen LogP contribution in [0.25, 0.3) is 0 Å². The lowest BCUT2D eigenvalue weighted by Crippen LogP contribution is -2.00. The highest BCUT2D eigenvalue weighted by molar-refractivity contribution is 5.88. The molecular formula is C9H13NO2. The van der Waals surface area contributed by atoms with Gasteiger partial charge in [0, 0.05) is 12.4 Å². The van der Waals surface area contributed by atoms with Gasteiger partial charge in [-0.15, -0.1) is 0 Å². The minimum atomic E-state index is -0.354. The molecule has 3 nitrogen and oxygen atoms in total. The summed E-state index contributed by atoms with van der Waals surface area (Å²) in [5.74, 6) is -0.354. The van der Waals surface area contributed by atoms with Gasteiger partial charge in [-0.25, -0.2) is 4.79 Å². The lowest BCUT2D eigenvalue weighted by atomic mass is 10.3. The molecule has 1 heterocycles. The number of methoxy groups -OCH3 is 1. The lowest BCUT2D eigenvalue weighted by Gasteiger charge is -1.94. The van der Waals surface area contributed by atoms with Gasteiger partial charge >= 0.3 is 5.97 Å². The van der Waals surface area contributed by atoms with Crippen molar-refractivity contribution in [3.63, 3.8) is 0 Å². The number of aromatic nitrogens is 1. The van der Waals surface area contributed by atoms with Crippen molar-refractivity contribution < 1.29 is 9.53 Å². The van der Waals surface area contributed by atoms with Crippen LogP contribution in [-0.4, -0.2) is 18.1 Å². The standard InChI is InChI=1S/C7H7NO2.C2H6/c1-10-7(9)6-3-2-4-8-5-6;1-2/h2-5H,1H3;1-2H3. The Balaban J connectivity index is 0.000000561. The van der Waals surface area contributed by atoms with E-state index in [0.29, 0.717) is 5.56 Å². The Labute approximate surface area is 72.4 Å². The van der Waals surface area contributed by atoms with Crippen molar-refractivity contribution in [3.8, 4) is 0 Å². The van der Waals surface area contributed by atoms with Crippen LogP contribution in [0.3, 0.4) is 0 Å². The molecule has 0 amide bonds. The van der Waals surface area contributed by atoms with E-state index in [9.17, 15) is 4.79 Å². The lowest BCUT2D eigenvalue weighted by molar-refractivity contribution is 0.0600. The van der Waals surface area contributed by atoms with Gasteiger partial charge in [-0.3, -0.25) is 4.98 Å². The van der Waals surface area contributed by atoms with Crippen molar-refractivity contribution >= 4 is 5.97 Å². The Kier molecular flexibility index (Phi) is 5.61. The maximum Gasteiger partial charge on any atom is 0.339 e. The Morgan fingerprint density at radius 3 is 2.58 bits per heavy atom. The first-order valence-electron chi connectivity index (χ1n) is 3.83. The van der Waals surface area contributed by atoms with E-state index < -0.39 is 0 Å². The van der Waals surface area contributed by atoms with Crippen LogP contribution >= 0.6 is 0 Å². The highest BCUT2D eigenvalue weighted by Crippen LogP contribution is 1.96. The average Bonchev–Trinajstić information content (AvgIpc) is 2.21. The van der Waals surface area contributed by atoms with Gasteiger partial charge < -0.3 is 4.74 Å². The summed E-state index contributed by atoms with van der Waals surface area (Å²) in [6.45, 7) is 4.00. The summed E-state index contributed by atoms with van der Waals surface area (Å²) in [5.41, 5.74) is 0.477. The summed E-state index contributed by atoms with van der Waals surface area (Å²) in [5, 5.41) is 0. The van der Waals surface area contributed by atoms with Crippen LogP contribution in [0.5, 0.6) is 0 Å². The van der Waals surface area contributed by atoms with E-state index in [0.717, 1.165) is 0 Å². The second-order valence-corrected chi connectivity index (χ2v) is 1.73. The number of hydrogen-bond donors (Lipinski definition) is 0. The number of carbonyl (C=O) groups excluding carboxylic acids is 1. The molecule has 0 aliphatic rings. The zero-order chi connectivity index (χ0) is 9.40. The van der Waals surface area contributed by atoms with Crippen molar-refractivity contribution in [3.05, 3.63) is 30.1 Å². The molecule has 0 saturated heterocycles. The summed E-state index contributed by atoms with van der Waals surface area (Å²) in [4.78, 5) is 14.5. The van der Waals surface area contributed by atoms with Crippen LogP contribution in [0, 0.1) is 0 Å². The first kappa shape index (κ1) is 10.6. The Hall–Kier alpha value is -1.38. The third-order valence-corrected chi connectivity index (χ3v) is 1.08. The summed E-state index contributed by atoms with van der Waals surface area (Å²) in [6, 6.07) is 3.34. The first-order chi connectivity index (χ1) is 5.84. The molecule has 0 fully saturated rings. The SMILES string of the molecule is CC.COC(=O)c1cccnc1. The van der Waals surface area contributed by atoms with Crippen LogP contribution < -0.4 is 0 Å². The summed E-state index contributed by atoms with van der Waals surface area (Å²) >= 11 is 0. The topological polar surface area (TPSA) is 39.2 Å². The number of ether oxygens (including phenoxy) is 1. The molecule has 3 heteroatoms. The zero-order valence-corrected chi connectivity index (χ0v) is 7.57. The largest absolute Gasteiger partial charge is 0.465 e. The molecule has 12 heavy (non-hydrogen) atoms. The normalized spacial score (nSPS) is 7.92. The number of carbonyl (C=O) groups is 1. The molecular weight excluding hydrogens is 154 g/mol. The van der Waals surface area contributed by atoms with Gasteiger partial charge in [0.25, 0.3) is 0 Å². The molecule has 0 radical (unpaired) electrons. The van der Waals surface area contributed by atoms with Gasteiger partial charge in [0.2, 0.25) is 0 Å². The van der Waals surface area contributed by atoms with Crippen molar-refractivity contribution in [2.45, 2.75) is 13.8 Å². The highest BCUT2D eigenvalue weighted by atomic mass is 16.5. The van der Waals surface area contributed by atoms with Crippen molar-refractivity contribution in [2.24, 2.45) is 0 Å². The molecule has 0 bridgehead atoms. The van der Waals surface area contributed by atoms with Crippen molar-refractivity contribution in [1.29, 1.82) is 0 Å². The second-order valence-electron chi connectivity index (χ2n) is 1.73. The minimum Gasteiger partial charge on any atom is -0.465 e. The molecule has 0 aliphatic heterocycles. The van der Waals surface area contributed by atoms with Crippen LogP contribution in [0.2, 0.25) is 0 Å². The number of rotatable bonds is 1. The molecule has 1 aromatic rings. The fraction of sp³-hybridized carbons (Fsp3) is 0.333. The van der Waals surface area contributed by atoms with E-state index in [4.69, 9.17) is 0 Å². The van der Waals surface area contributed by atoms with E-state index in [-0.39, 0.29) is 5.97 Å². The quantitative estimate of drug-likeness (QED) is 0.599. The van der Waals surface area contributed by atoms with Gasteiger partial charge in [0.05, 0.1) is 12.7 Å². The fourth-order valence-electron chi connectivity index (χ4n) is 0.601. The fourth-order valence-corrected chi connectivity index (χ4v) is 0.601. The summed E-state index contributed by atoms with van der Waals surface area (Å²) < 4.78 is 4.46. The molecule has 0 saturated carbocycles. The summed E-state index contributed by atoms with van der Waals surface area (Å²) in [6.07, 6.45) is 3.07. The molecule has 0 unspecified atom stereocenters. The molecule has 0 aliphatic carbocycles. The van der Waals surface area contributed by atoms with E-state index in [1.54, 1.807) is 18.3 Å². The van der Waals surface area contributed by atoms with E-state index >= 15 is 0 Å². The van der Waals surface area contributed by atoms with Crippen LogP contribution in [0.15, 0.2) is 24.5 Å². The molecule has 0 spiro atoms. The van der Waals surface area contributed by atoms with E-state index in [1.807, 2.05) is 13.8 Å². The van der Waals surface area contributed by atoms with Crippen molar-refractivity contribution in [2.75, 3.05) is 7.11 Å². The van der Waals surface area contributed by atoms with Gasteiger partial charge in [-0.05, 0) is 12.1 Å². The van der Waals surface area contributed by atoms with E-state index in [1.165, 1.54) is 13.3 Å². The predicted molar refractivity (Wildman–Crippen MR) is 46.9 cm³/mol. The minimum absolute atomic E-state index is 0.354. The third kappa shape index (κ3) is 3.14. The van der Waals surface area contributed by atoms with Gasteiger partial charge in [0.15, 0.2) is 0 Å². The van der Waals surface area contributed by atoms with Gasteiger partial charge in [0.1, 0.15) is 0 Å². The monoisotopic (exact) mass is 167 g/mol. The maximum atomic E-state index is 10.8. The number of hydrogen-bond acceptors (Lipinski definition) is 3. The predicted octanol–water partition coefficient (Wildman–Crippen LogP) is 1.89. The number of pyridine rings is 1. The molecule has 1 rings (SSSR count). The van der Waals surface area contributed by atoms with Crippen LogP contribution in [0.4, 0.5) is 0 Å². The smallest absolute Gasteiger partial charge is 0.339 e. The number of esters is 1. The highest BCUT2D eigenvalue weighted by Gasteiger charge is 2.01. The second kappa shape index (κ2) is 6.34. The molecule has 1 aromatic heterocycles. The molecule has 0 atom stereocenters. The maximum absolute atomic E-state index is 10.8. The van der Waals surface area contributed by atoms with Gasteiger partial charge in [-0.2, -0.15) is 0 Å². The molecule has 66 valence electrons.